The molecule has 0 aliphatic heterocycles. The number of benzene rings is 1. The minimum atomic E-state index is -1.06. The van der Waals surface area contributed by atoms with Crippen LogP contribution in [0.3, 0.4) is 0 Å². The maximum absolute atomic E-state index is 12.0. The number of nitrogens with one attached hydrogen (secondary N) is 1. The van der Waals surface area contributed by atoms with E-state index < -0.39 is 12.0 Å². The normalized spacial score (nSPS) is 11.7. The molecule has 1 aromatic rings. The first kappa shape index (κ1) is 16.0. The lowest BCUT2D eigenvalue weighted by molar-refractivity contribution is -0.139. The zero-order valence-electron chi connectivity index (χ0n) is 12.0. The van der Waals surface area contributed by atoms with E-state index in [1.54, 1.807) is 37.4 Å². The minimum absolute atomic E-state index is 0.364. The Kier molecular flexibility index (Phi) is 6.56. The number of hydrogen-bond donors (Lipinski definition) is 2. The predicted molar refractivity (Wildman–Crippen MR) is 77.5 cm³/mol. The van der Waals surface area contributed by atoms with E-state index in [2.05, 4.69) is 12.2 Å². The SMILES string of the molecule is CCCCCN(C)C(=O)N[C@H](C(=O)O)c1ccccc1. The largest absolute Gasteiger partial charge is 0.479 e. The topological polar surface area (TPSA) is 69.6 Å². The number of carboxylic acids is 1. The maximum Gasteiger partial charge on any atom is 0.330 e. The third-order valence-corrected chi connectivity index (χ3v) is 3.09. The van der Waals surface area contributed by atoms with Crippen LogP contribution in [0, 0.1) is 0 Å². The fourth-order valence-corrected chi connectivity index (χ4v) is 1.87. The average Bonchev–Trinajstić information content (AvgIpc) is 2.45. The van der Waals surface area contributed by atoms with Gasteiger partial charge in [-0.15, -0.1) is 0 Å². The molecule has 2 amide bonds. The number of aliphatic carboxylic acids is 1. The smallest absolute Gasteiger partial charge is 0.330 e. The Labute approximate surface area is 119 Å². The summed E-state index contributed by atoms with van der Waals surface area (Å²) in [6.07, 6.45) is 3.05. The summed E-state index contributed by atoms with van der Waals surface area (Å²) in [4.78, 5) is 24.8. The van der Waals surface area contributed by atoms with Crippen molar-refractivity contribution in [2.24, 2.45) is 0 Å². The van der Waals surface area contributed by atoms with Crippen molar-refractivity contribution in [3.8, 4) is 0 Å². The summed E-state index contributed by atoms with van der Waals surface area (Å²) >= 11 is 0. The van der Waals surface area contributed by atoms with Crippen LogP contribution < -0.4 is 5.32 Å². The molecule has 0 heterocycles. The van der Waals surface area contributed by atoms with E-state index in [0.717, 1.165) is 19.3 Å². The van der Waals surface area contributed by atoms with Crippen LogP contribution in [0.5, 0.6) is 0 Å². The van der Waals surface area contributed by atoms with Crippen molar-refractivity contribution in [2.45, 2.75) is 32.2 Å². The Hall–Kier alpha value is -2.04. The molecule has 0 unspecified atom stereocenters. The number of unbranched alkanes of at least 4 members (excludes halogenated alkanes) is 2. The van der Waals surface area contributed by atoms with Gasteiger partial charge >= 0.3 is 12.0 Å². The lowest BCUT2D eigenvalue weighted by Crippen LogP contribution is -2.42. The van der Waals surface area contributed by atoms with E-state index in [9.17, 15) is 14.7 Å². The first-order valence-electron chi connectivity index (χ1n) is 6.85. The van der Waals surface area contributed by atoms with Crippen LogP contribution in [0.4, 0.5) is 4.79 Å². The van der Waals surface area contributed by atoms with Crippen LogP contribution in [0.25, 0.3) is 0 Å². The predicted octanol–water partition coefficient (Wildman–Crippen LogP) is 2.64. The molecule has 110 valence electrons. The molecule has 5 heteroatoms. The van der Waals surface area contributed by atoms with Gasteiger partial charge < -0.3 is 15.3 Å². The Bertz CT molecular complexity index is 434. The highest BCUT2D eigenvalue weighted by molar-refractivity contribution is 5.83. The second-order valence-corrected chi connectivity index (χ2v) is 4.76. The number of carbonyl (C=O) groups is 2. The van der Waals surface area contributed by atoms with E-state index >= 15 is 0 Å². The van der Waals surface area contributed by atoms with Crippen LogP contribution in [0.1, 0.15) is 37.8 Å². The fourth-order valence-electron chi connectivity index (χ4n) is 1.87. The molecule has 0 spiro atoms. The highest BCUT2D eigenvalue weighted by Gasteiger charge is 2.23. The molecule has 0 aliphatic carbocycles. The molecule has 0 radical (unpaired) electrons. The summed E-state index contributed by atoms with van der Waals surface area (Å²) in [7, 11) is 1.68. The number of urea groups is 1. The molecule has 20 heavy (non-hydrogen) atoms. The zero-order valence-corrected chi connectivity index (χ0v) is 12.0. The molecule has 0 bridgehead atoms. The van der Waals surface area contributed by atoms with Gasteiger partial charge in [0.05, 0.1) is 0 Å². The van der Waals surface area contributed by atoms with Crippen molar-refractivity contribution in [2.75, 3.05) is 13.6 Å². The summed E-state index contributed by atoms with van der Waals surface area (Å²) in [6, 6.07) is 7.31. The minimum Gasteiger partial charge on any atom is -0.479 e. The summed E-state index contributed by atoms with van der Waals surface area (Å²) < 4.78 is 0. The number of carbonyl (C=O) groups excluding carboxylic acids is 1. The lowest BCUT2D eigenvalue weighted by Gasteiger charge is -2.21. The summed E-state index contributed by atoms with van der Waals surface area (Å²) in [5.74, 6) is -1.06. The molecule has 5 nitrogen and oxygen atoms in total. The Morgan fingerprint density at radius 2 is 1.90 bits per heavy atom. The van der Waals surface area contributed by atoms with Crippen LogP contribution in [0.15, 0.2) is 30.3 Å². The molecule has 2 N–H and O–H groups in total. The highest BCUT2D eigenvalue weighted by Crippen LogP contribution is 2.13. The lowest BCUT2D eigenvalue weighted by atomic mass is 10.1. The molecule has 0 aliphatic rings. The fraction of sp³-hybridized carbons (Fsp3) is 0.467. The van der Waals surface area contributed by atoms with Gasteiger partial charge in [0.15, 0.2) is 6.04 Å². The van der Waals surface area contributed by atoms with Crippen molar-refractivity contribution < 1.29 is 14.7 Å². The number of nitrogens with zero attached hydrogens (tertiary/aromatic N) is 1. The van der Waals surface area contributed by atoms with Crippen molar-refractivity contribution >= 4 is 12.0 Å². The molecule has 1 rings (SSSR count). The quantitative estimate of drug-likeness (QED) is 0.753. The maximum atomic E-state index is 12.0. The molecular weight excluding hydrogens is 256 g/mol. The van der Waals surface area contributed by atoms with Gasteiger partial charge in [-0.25, -0.2) is 9.59 Å². The number of amides is 2. The third-order valence-electron chi connectivity index (χ3n) is 3.09. The number of hydrogen-bond acceptors (Lipinski definition) is 2. The van der Waals surface area contributed by atoms with Gasteiger partial charge in [0.2, 0.25) is 0 Å². The summed E-state index contributed by atoms with van der Waals surface area (Å²) in [6.45, 7) is 2.72. The van der Waals surface area contributed by atoms with Crippen molar-refractivity contribution in [1.82, 2.24) is 10.2 Å². The monoisotopic (exact) mass is 278 g/mol. The van der Waals surface area contributed by atoms with E-state index in [4.69, 9.17) is 0 Å². The third kappa shape index (κ3) is 4.91. The molecule has 0 saturated heterocycles. The molecular formula is C15H22N2O3. The van der Waals surface area contributed by atoms with E-state index in [1.165, 1.54) is 4.90 Å². The van der Waals surface area contributed by atoms with Crippen LogP contribution in [-0.4, -0.2) is 35.6 Å². The highest BCUT2D eigenvalue weighted by atomic mass is 16.4. The summed E-state index contributed by atoms with van der Waals surface area (Å²) in [5.41, 5.74) is 0.565. The molecule has 1 aromatic carbocycles. The van der Waals surface area contributed by atoms with Gasteiger partial charge in [-0.05, 0) is 12.0 Å². The number of carboxylic acid groups (broad SMARTS) is 1. The molecule has 0 saturated carbocycles. The Balaban J connectivity index is 2.62. The van der Waals surface area contributed by atoms with Crippen molar-refractivity contribution in [3.63, 3.8) is 0 Å². The van der Waals surface area contributed by atoms with Crippen molar-refractivity contribution in [3.05, 3.63) is 35.9 Å². The zero-order chi connectivity index (χ0) is 15.0. The first-order valence-corrected chi connectivity index (χ1v) is 6.85. The second kappa shape index (κ2) is 8.19. The number of rotatable bonds is 7. The van der Waals surface area contributed by atoms with Crippen molar-refractivity contribution in [1.29, 1.82) is 0 Å². The van der Waals surface area contributed by atoms with Gasteiger partial charge in [-0.3, -0.25) is 0 Å². The Morgan fingerprint density at radius 3 is 2.45 bits per heavy atom. The summed E-state index contributed by atoms with van der Waals surface area (Å²) in [5, 5.41) is 11.8. The van der Waals surface area contributed by atoms with Crippen LogP contribution in [-0.2, 0) is 4.79 Å². The van der Waals surface area contributed by atoms with Crippen LogP contribution >= 0.6 is 0 Å². The van der Waals surface area contributed by atoms with E-state index in [-0.39, 0.29) is 6.03 Å². The van der Waals surface area contributed by atoms with Gasteiger partial charge in [-0.2, -0.15) is 0 Å². The molecule has 1 atom stereocenters. The molecule has 0 fully saturated rings. The standard InChI is InChI=1S/C15H22N2O3/c1-3-4-8-11-17(2)15(20)16-13(14(18)19)12-9-6-5-7-10-12/h5-7,9-10,13H,3-4,8,11H2,1-2H3,(H,16,20)(H,18,19)/t13-/m0/s1. The van der Waals surface area contributed by atoms with Gasteiger partial charge in [-0.1, -0.05) is 50.1 Å². The van der Waals surface area contributed by atoms with Gasteiger partial charge in [0.25, 0.3) is 0 Å². The van der Waals surface area contributed by atoms with Gasteiger partial charge in [0.1, 0.15) is 0 Å². The van der Waals surface area contributed by atoms with E-state index in [1.807, 2.05) is 0 Å². The Morgan fingerprint density at radius 1 is 1.25 bits per heavy atom. The van der Waals surface area contributed by atoms with Crippen LogP contribution in [0.2, 0.25) is 0 Å². The van der Waals surface area contributed by atoms with Gasteiger partial charge in [0, 0.05) is 13.6 Å². The first-order chi connectivity index (χ1) is 9.56. The molecule has 0 aromatic heterocycles. The second-order valence-electron chi connectivity index (χ2n) is 4.76. The van der Waals surface area contributed by atoms with E-state index in [0.29, 0.717) is 12.1 Å². The average molecular weight is 278 g/mol.